The number of carbonyl (C=O) groups excluding carboxylic acids is 1. The minimum Gasteiger partial charge on any atom is -0.394 e. The third-order valence-electron chi connectivity index (χ3n) is 3.26. The Morgan fingerprint density at radius 3 is 2.55 bits per heavy atom. The molecule has 20 heavy (non-hydrogen) atoms. The van der Waals surface area contributed by atoms with E-state index in [2.05, 4.69) is 4.98 Å². The SMILES string of the molecule is COCc1nc(C)c(C(=O)N(C)[C@H](CO)C(C)(C)C)s1. The van der Waals surface area contributed by atoms with Gasteiger partial charge in [0.1, 0.15) is 9.88 Å². The summed E-state index contributed by atoms with van der Waals surface area (Å²) >= 11 is 1.35. The molecule has 0 saturated heterocycles. The zero-order valence-corrected chi connectivity index (χ0v) is 13.9. The van der Waals surface area contributed by atoms with E-state index in [1.807, 2.05) is 27.7 Å². The van der Waals surface area contributed by atoms with Crippen LogP contribution in [0.2, 0.25) is 0 Å². The highest BCUT2D eigenvalue weighted by Gasteiger charge is 2.32. The van der Waals surface area contributed by atoms with Gasteiger partial charge in [-0.1, -0.05) is 20.8 Å². The summed E-state index contributed by atoms with van der Waals surface area (Å²) in [7, 11) is 3.33. The number of likely N-dealkylation sites (N-methyl/N-ethyl adjacent to an activating group) is 1. The monoisotopic (exact) mass is 300 g/mol. The Balaban J connectivity index is 2.99. The van der Waals surface area contributed by atoms with Crippen LogP contribution in [0.5, 0.6) is 0 Å². The molecule has 0 fully saturated rings. The van der Waals surface area contributed by atoms with Gasteiger partial charge in [-0.25, -0.2) is 4.98 Å². The molecule has 0 aliphatic rings. The van der Waals surface area contributed by atoms with Crippen molar-refractivity contribution < 1.29 is 14.6 Å². The van der Waals surface area contributed by atoms with Gasteiger partial charge in [0, 0.05) is 14.2 Å². The van der Waals surface area contributed by atoms with Gasteiger partial charge in [-0.3, -0.25) is 4.79 Å². The van der Waals surface area contributed by atoms with Crippen molar-refractivity contribution in [2.45, 2.75) is 40.3 Å². The third-order valence-corrected chi connectivity index (χ3v) is 4.38. The van der Waals surface area contributed by atoms with E-state index in [4.69, 9.17) is 4.74 Å². The number of hydrogen-bond donors (Lipinski definition) is 1. The first-order valence-electron chi connectivity index (χ1n) is 6.55. The van der Waals surface area contributed by atoms with Gasteiger partial charge in [-0.05, 0) is 12.3 Å². The Labute approximate surface area is 124 Å². The summed E-state index contributed by atoms with van der Waals surface area (Å²) in [5.74, 6) is -0.101. The van der Waals surface area contributed by atoms with Crippen molar-refractivity contribution >= 4 is 17.2 Å². The van der Waals surface area contributed by atoms with Crippen molar-refractivity contribution in [3.63, 3.8) is 0 Å². The number of aryl methyl sites for hydroxylation is 1. The molecule has 0 unspecified atom stereocenters. The molecule has 1 aromatic heterocycles. The Bertz CT molecular complexity index is 465. The fraction of sp³-hybridized carbons (Fsp3) is 0.714. The van der Waals surface area contributed by atoms with Gasteiger partial charge in [-0.15, -0.1) is 11.3 Å². The molecule has 114 valence electrons. The average Bonchev–Trinajstić information content (AvgIpc) is 2.68. The third kappa shape index (κ3) is 3.77. The summed E-state index contributed by atoms with van der Waals surface area (Å²) in [5, 5.41) is 10.4. The number of aliphatic hydroxyl groups excluding tert-OH is 1. The molecular formula is C14H24N2O3S. The van der Waals surface area contributed by atoms with Gasteiger partial charge in [0.05, 0.1) is 24.9 Å². The molecule has 1 atom stereocenters. The Kier molecular flexibility index (Phi) is 5.68. The van der Waals surface area contributed by atoms with Crippen LogP contribution in [0.25, 0.3) is 0 Å². The van der Waals surface area contributed by atoms with Crippen LogP contribution in [-0.4, -0.2) is 47.7 Å². The summed E-state index contributed by atoms with van der Waals surface area (Å²) < 4.78 is 5.04. The molecule has 6 heteroatoms. The van der Waals surface area contributed by atoms with E-state index in [0.717, 1.165) is 5.01 Å². The van der Waals surface area contributed by atoms with Crippen LogP contribution in [0.3, 0.4) is 0 Å². The number of methoxy groups -OCH3 is 1. The molecule has 0 bridgehead atoms. The van der Waals surface area contributed by atoms with Gasteiger partial charge < -0.3 is 14.7 Å². The Hall–Kier alpha value is -0.980. The lowest BCUT2D eigenvalue weighted by atomic mass is 9.86. The van der Waals surface area contributed by atoms with Crippen molar-refractivity contribution in [2.24, 2.45) is 5.41 Å². The number of aliphatic hydroxyl groups is 1. The number of ether oxygens (including phenoxy) is 1. The fourth-order valence-electron chi connectivity index (χ4n) is 2.11. The van der Waals surface area contributed by atoms with Crippen molar-refractivity contribution in [1.82, 2.24) is 9.88 Å². The molecule has 0 spiro atoms. The zero-order chi connectivity index (χ0) is 15.5. The topological polar surface area (TPSA) is 62.7 Å². The van der Waals surface area contributed by atoms with E-state index in [0.29, 0.717) is 17.2 Å². The molecule has 1 N–H and O–H groups in total. The molecule has 1 amide bonds. The standard InChI is InChI=1S/C14H24N2O3S/c1-9-12(20-11(15-9)8-19-6)13(18)16(5)10(7-17)14(2,3)4/h10,17H,7-8H2,1-6H3/t10-/m1/s1. The van der Waals surface area contributed by atoms with Gasteiger partial charge in [0.2, 0.25) is 0 Å². The van der Waals surface area contributed by atoms with Crippen LogP contribution in [0.4, 0.5) is 0 Å². The highest BCUT2D eigenvalue weighted by molar-refractivity contribution is 7.13. The van der Waals surface area contributed by atoms with Crippen molar-refractivity contribution in [2.75, 3.05) is 20.8 Å². The summed E-state index contributed by atoms with van der Waals surface area (Å²) in [4.78, 5) is 19.1. The van der Waals surface area contributed by atoms with E-state index >= 15 is 0 Å². The summed E-state index contributed by atoms with van der Waals surface area (Å²) in [6.07, 6.45) is 0. The zero-order valence-electron chi connectivity index (χ0n) is 13.1. The maximum absolute atomic E-state index is 12.6. The molecule has 1 rings (SSSR count). The number of amides is 1. The van der Waals surface area contributed by atoms with Crippen LogP contribution < -0.4 is 0 Å². The number of nitrogens with zero attached hydrogens (tertiary/aromatic N) is 2. The van der Waals surface area contributed by atoms with Crippen molar-refractivity contribution in [1.29, 1.82) is 0 Å². The summed E-state index contributed by atoms with van der Waals surface area (Å²) in [6, 6.07) is -0.234. The van der Waals surface area contributed by atoms with Gasteiger partial charge in [-0.2, -0.15) is 0 Å². The largest absolute Gasteiger partial charge is 0.394 e. The van der Waals surface area contributed by atoms with E-state index in [1.54, 1.807) is 19.1 Å². The van der Waals surface area contributed by atoms with Crippen molar-refractivity contribution in [3.8, 4) is 0 Å². The first kappa shape index (κ1) is 17.1. The Morgan fingerprint density at radius 1 is 1.50 bits per heavy atom. The lowest BCUT2D eigenvalue weighted by Gasteiger charge is -2.36. The number of carbonyl (C=O) groups is 1. The van der Waals surface area contributed by atoms with Crippen LogP contribution in [0, 0.1) is 12.3 Å². The molecule has 0 aliphatic carbocycles. The number of aromatic nitrogens is 1. The van der Waals surface area contributed by atoms with E-state index in [9.17, 15) is 9.90 Å². The highest BCUT2D eigenvalue weighted by atomic mass is 32.1. The Morgan fingerprint density at radius 2 is 2.10 bits per heavy atom. The first-order chi connectivity index (χ1) is 9.22. The maximum Gasteiger partial charge on any atom is 0.265 e. The number of thiazole rings is 1. The molecular weight excluding hydrogens is 276 g/mol. The second-order valence-electron chi connectivity index (χ2n) is 5.94. The molecule has 0 radical (unpaired) electrons. The maximum atomic E-state index is 12.6. The quantitative estimate of drug-likeness (QED) is 0.904. The van der Waals surface area contributed by atoms with E-state index < -0.39 is 0 Å². The minimum absolute atomic E-state index is 0.0610. The lowest BCUT2D eigenvalue weighted by molar-refractivity contribution is 0.0437. The van der Waals surface area contributed by atoms with Crippen LogP contribution in [0.1, 0.15) is 41.1 Å². The fourth-order valence-corrected chi connectivity index (χ4v) is 3.13. The summed E-state index contributed by atoms with van der Waals surface area (Å²) in [5.41, 5.74) is 0.525. The number of hydrogen-bond acceptors (Lipinski definition) is 5. The predicted octanol–water partition coefficient (Wildman–Crippen LogP) is 2.08. The van der Waals surface area contributed by atoms with Gasteiger partial charge in [0.25, 0.3) is 5.91 Å². The van der Waals surface area contributed by atoms with Gasteiger partial charge >= 0.3 is 0 Å². The van der Waals surface area contributed by atoms with Crippen LogP contribution in [0.15, 0.2) is 0 Å². The second kappa shape index (κ2) is 6.65. The van der Waals surface area contributed by atoms with Crippen LogP contribution in [-0.2, 0) is 11.3 Å². The van der Waals surface area contributed by atoms with E-state index in [1.165, 1.54) is 11.3 Å². The molecule has 0 saturated carbocycles. The number of rotatable bonds is 5. The smallest absolute Gasteiger partial charge is 0.265 e. The molecule has 1 aromatic rings. The van der Waals surface area contributed by atoms with Gasteiger partial charge in [0.15, 0.2) is 0 Å². The van der Waals surface area contributed by atoms with Crippen LogP contribution >= 0.6 is 11.3 Å². The predicted molar refractivity (Wildman–Crippen MR) is 80.0 cm³/mol. The van der Waals surface area contributed by atoms with Crippen molar-refractivity contribution in [3.05, 3.63) is 15.6 Å². The minimum atomic E-state index is -0.234. The lowest BCUT2D eigenvalue weighted by Crippen LogP contribution is -2.47. The first-order valence-corrected chi connectivity index (χ1v) is 7.37. The molecule has 0 aliphatic heterocycles. The normalized spacial score (nSPS) is 13.3. The second-order valence-corrected chi connectivity index (χ2v) is 7.02. The highest BCUT2D eigenvalue weighted by Crippen LogP contribution is 2.27. The molecule has 1 heterocycles. The summed E-state index contributed by atoms with van der Waals surface area (Å²) in [6.45, 7) is 8.19. The average molecular weight is 300 g/mol. The molecule has 0 aromatic carbocycles. The van der Waals surface area contributed by atoms with E-state index in [-0.39, 0.29) is 24.0 Å². The molecule has 5 nitrogen and oxygen atoms in total.